The molecule has 1 fully saturated rings. The van der Waals surface area contributed by atoms with Gasteiger partial charge in [-0.05, 0) is 55.9 Å². The molecular formula is C25H26N4O2. The van der Waals surface area contributed by atoms with Crippen LogP contribution in [0.25, 0.3) is 11.3 Å². The molecule has 0 saturated heterocycles. The Bertz CT molecular complexity index is 1040. The first-order valence-electron chi connectivity index (χ1n) is 10.7. The van der Waals surface area contributed by atoms with Crippen molar-refractivity contribution >= 4 is 17.5 Å². The summed E-state index contributed by atoms with van der Waals surface area (Å²) < 4.78 is 0. The summed E-state index contributed by atoms with van der Waals surface area (Å²) in [5.41, 5.74) is 2.92. The number of nitrogens with zero attached hydrogens (tertiary/aromatic N) is 2. The number of carbonyl (C=O) groups is 2. The molecule has 3 aromatic rings. The fourth-order valence-corrected chi connectivity index (χ4v) is 3.80. The summed E-state index contributed by atoms with van der Waals surface area (Å²) >= 11 is 0. The van der Waals surface area contributed by atoms with Crippen LogP contribution in [-0.2, 0) is 0 Å². The fraction of sp³-hybridized carbons (Fsp3) is 0.280. The van der Waals surface area contributed by atoms with Crippen LogP contribution in [0.4, 0.5) is 5.69 Å². The zero-order chi connectivity index (χ0) is 21.6. The summed E-state index contributed by atoms with van der Waals surface area (Å²) in [5, 5.41) is 5.95. The number of nitrogens with one attached hydrogen (secondary N) is 2. The Morgan fingerprint density at radius 3 is 2.29 bits per heavy atom. The molecule has 0 atom stereocenters. The summed E-state index contributed by atoms with van der Waals surface area (Å²) in [6.07, 6.45) is 7.45. The monoisotopic (exact) mass is 414 g/mol. The molecule has 0 unspecified atom stereocenters. The van der Waals surface area contributed by atoms with Gasteiger partial charge in [-0.3, -0.25) is 14.6 Å². The number of hydrogen-bond donors (Lipinski definition) is 2. The zero-order valence-corrected chi connectivity index (χ0v) is 17.5. The number of carbonyl (C=O) groups excluding carboxylic acids is 2. The van der Waals surface area contributed by atoms with Crippen molar-refractivity contribution in [3.8, 4) is 11.3 Å². The molecule has 0 bridgehead atoms. The molecule has 1 aromatic heterocycles. The maximum Gasteiger partial charge on any atom is 0.275 e. The predicted molar refractivity (Wildman–Crippen MR) is 121 cm³/mol. The lowest BCUT2D eigenvalue weighted by Crippen LogP contribution is -2.37. The third kappa shape index (κ3) is 5.34. The highest BCUT2D eigenvalue weighted by Crippen LogP contribution is 2.24. The molecule has 0 radical (unpaired) electrons. The van der Waals surface area contributed by atoms with Gasteiger partial charge in [-0.1, -0.05) is 37.3 Å². The van der Waals surface area contributed by atoms with Crippen LogP contribution in [-0.4, -0.2) is 27.8 Å². The van der Waals surface area contributed by atoms with Crippen molar-refractivity contribution in [2.75, 3.05) is 5.32 Å². The van der Waals surface area contributed by atoms with E-state index in [0.29, 0.717) is 16.9 Å². The van der Waals surface area contributed by atoms with Gasteiger partial charge in [0, 0.05) is 22.9 Å². The highest BCUT2D eigenvalue weighted by atomic mass is 16.2. The lowest BCUT2D eigenvalue weighted by Gasteiger charge is -2.26. The average molecular weight is 415 g/mol. The number of hydrogen-bond acceptors (Lipinski definition) is 4. The van der Waals surface area contributed by atoms with Crippen LogP contribution in [0, 0.1) is 5.92 Å². The summed E-state index contributed by atoms with van der Waals surface area (Å²) in [5.74, 6) is 0.380. The molecule has 4 rings (SSSR count). The van der Waals surface area contributed by atoms with Gasteiger partial charge < -0.3 is 10.6 Å². The van der Waals surface area contributed by atoms with E-state index in [1.165, 1.54) is 6.20 Å². The Kier molecular flexibility index (Phi) is 6.36. The average Bonchev–Trinajstić information content (AvgIpc) is 2.81. The molecule has 1 aliphatic carbocycles. The normalized spacial score (nSPS) is 18.2. The molecule has 1 heterocycles. The third-order valence-corrected chi connectivity index (χ3v) is 5.69. The SMILES string of the molecule is CC1CCC(NC(=O)c2ccc(-c3cncc(C(=O)Nc4ccccc4)n3)cc2)CC1. The fourth-order valence-electron chi connectivity index (χ4n) is 3.80. The molecule has 1 saturated carbocycles. The minimum absolute atomic E-state index is 0.0480. The Morgan fingerprint density at radius 1 is 0.871 bits per heavy atom. The summed E-state index contributed by atoms with van der Waals surface area (Å²) in [7, 11) is 0. The molecule has 1 aliphatic rings. The molecule has 158 valence electrons. The van der Waals surface area contributed by atoms with Gasteiger partial charge >= 0.3 is 0 Å². The van der Waals surface area contributed by atoms with E-state index in [1.54, 1.807) is 18.3 Å². The predicted octanol–water partition coefficient (Wildman–Crippen LogP) is 4.70. The van der Waals surface area contributed by atoms with Crippen LogP contribution in [0.2, 0.25) is 0 Å². The minimum atomic E-state index is -0.321. The third-order valence-electron chi connectivity index (χ3n) is 5.69. The summed E-state index contributed by atoms with van der Waals surface area (Å²) in [6, 6.07) is 16.7. The standard InChI is InChI=1S/C25H26N4O2/c1-17-7-13-21(14-8-17)27-24(30)19-11-9-18(10-12-19)22-15-26-16-23(29-22)25(31)28-20-5-3-2-4-6-20/h2-6,9-12,15-17,21H,7-8,13-14H2,1H3,(H,27,30)(H,28,31). The van der Waals surface area contributed by atoms with E-state index in [9.17, 15) is 9.59 Å². The van der Waals surface area contributed by atoms with Crippen molar-refractivity contribution in [1.82, 2.24) is 15.3 Å². The van der Waals surface area contributed by atoms with Gasteiger partial charge in [-0.25, -0.2) is 4.98 Å². The largest absolute Gasteiger partial charge is 0.349 e. The maximum atomic E-state index is 12.6. The van der Waals surface area contributed by atoms with Crippen LogP contribution in [0.1, 0.15) is 53.5 Å². The van der Waals surface area contributed by atoms with Gasteiger partial charge in [0.05, 0.1) is 18.1 Å². The van der Waals surface area contributed by atoms with Crippen molar-refractivity contribution in [2.24, 2.45) is 5.92 Å². The van der Waals surface area contributed by atoms with Gasteiger partial charge in [0.15, 0.2) is 0 Å². The lowest BCUT2D eigenvalue weighted by molar-refractivity contribution is 0.0922. The van der Waals surface area contributed by atoms with E-state index in [4.69, 9.17) is 0 Å². The van der Waals surface area contributed by atoms with E-state index >= 15 is 0 Å². The van der Waals surface area contributed by atoms with Gasteiger partial charge in [-0.2, -0.15) is 0 Å². The Balaban J connectivity index is 1.42. The zero-order valence-electron chi connectivity index (χ0n) is 17.5. The van der Waals surface area contributed by atoms with Crippen molar-refractivity contribution in [3.63, 3.8) is 0 Å². The molecule has 6 nitrogen and oxygen atoms in total. The number of rotatable bonds is 5. The van der Waals surface area contributed by atoms with Crippen LogP contribution < -0.4 is 10.6 Å². The molecular weight excluding hydrogens is 388 g/mol. The Morgan fingerprint density at radius 2 is 1.58 bits per heavy atom. The second-order valence-electron chi connectivity index (χ2n) is 8.12. The number of aromatic nitrogens is 2. The maximum absolute atomic E-state index is 12.6. The van der Waals surface area contributed by atoms with Crippen LogP contribution in [0.3, 0.4) is 0 Å². The van der Waals surface area contributed by atoms with Crippen molar-refractivity contribution in [3.05, 3.63) is 78.2 Å². The Hall–Kier alpha value is -3.54. The van der Waals surface area contributed by atoms with E-state index in [-0.39, 0.29) is 23.6 Å². The van der Waals surface area contributed by atoms with Crippen molar-refractivity contribution in [1.29, 1.82) is 0 Å². The van der Waals surface area contributed by atoms with Gasteiger partial charge in [0.25, 0.3) is 11.8 Å². The molecule has 31 heavy (non-hydrogen) atoms. The Labute approximate surface area is 182 Å². The summed E-state index contributed by atoms with van der Waals surface area (Å²) in [4.78, 5) is 33.7. The molecule has 2 N–H and O–H groups in total. The van der Waals surface area contributed by atoms with Gasteiger partial charge in [0.2, 0.25) is 0 Å². The van der Waals surface area contributed by atoms with E-state index < -0.39 is 0 Å². The quantitative estimate of drug-likeness (QED) is 0.634. The topological polar surface area (TPSA) is 84.0 Å². The first kappa shape index (κ1) is 20.7. The number of anilines is 1. The van der Waals surface area contributed by atoms with Crippen molar-refractivity contribution < 1.29 is 9.59 Å². The smallest absolute Gasteiger partial charge is 0.275 e. The highest BCUT2D eigenvalue weighted by Gasteiger charge is 2.20. The second-order valence-corrected chi connectivity index (χ2v) is 8.12. The number of amides is 2. The molecule has 2 amide bonds. The van der Waals surface area contributed by atoms with Crippen LogP contribution in [0.5, 0.6) is 0 Å². The number of para-hydroxylation sites is 1. The molecule has 2 aromatic carbocycles. The first-order valence-corrected chi connectivity index (χ1v) is 10.7. The summed E-state index contributed by atoms with van der Waals surface area (Å²) in [6.45, 7) is 2.26. The van der Waals surface area contributed by atoms with Crippen molar-refractivity contribution in [2.45, 2.75) is 38.6 Å². The van der Waals surface area contributed by atoms with Gasteiger partial charge in [0.1, 0.15) is 5.69 Å². The van der Waals surface area contributed by atoms with Crippen LogP contribution >= 0.6 is 0 Å². The van der Waals surface area contributed by atoms with Crippen LogP contribution in [0.15, 0.2) is 67.0 Å². The minimum Gasteiger partial charge on any atom is -0.349 e. The highest BCUT2D eigenvalue weighted by molar-refractivity contribution is 6.03. The lowest BCUT2D eigenvalue weighted by atomic mass is 9.87. The van der Waals surface area contributed by atoms with E-state index in [0.717, 1.165) is 37.2 Å². The molecule has 0 aliphatic heterocycles. The van der Waals surface area contributed by atoms with E-state index in [1.807, 2.05) is 42.5 Å². The van der Waals surface area contributed by atoms with Gasteiger partial charge in [-0.15, -0.1) is 0 Å². The van der Waals surface area contributed by atoms with E-state index in [2.05, 4.69) is 27.5 Å². The molecule has 0 spiro atoms. The first-order chi connectivity index (χ1) is 15.1. The second kappa shape index (κ2) is 9.51. The molecule has 6 heteroatoms. The number of benzene rings is 2.